The van der Waals surface area contributed by atoms with E-state index in [4.69, 9.17) is 14.5 Å². The number of ketones is 1. The van der Waals surface area contributed by atoms with Crippen molar-refractivity contribution in [3.63, 3.8) is 0 Å². The highest BCUT2D eigenvalue weighted by molar-refractivity contribution is 6.40. The van der Waals surface area contributed by atoms with Crippen molar-refractivity contribution >= 4 is 40.3 Å². The van der Waals surface area contributed by atoms with Gasteiger partial charge in [0.25, 0.3) is 11.8 Å². The quantitative estimate of drug-likeness (QED) is 0.128. The zero-order valence-corrected chi connectivity index (χ0v) is 31.0. The normalized spacial score (nSPS) is 17.7. The van der Waals surface area contributed by atoms with E-state index in [2.05, 4.69) is 22.5 Å². The Balaban J connectivity index is 1.41. The van der Waals surface area contributed by atoms with Crippen molar-refractivity contribution in [2.75, 3.05) is 44.1 Å². The van der Waals surface area contributed by atoms with Crippen LogP contribution in [0.25, 0.3) is 5.57 Å². The van der Waals surface area contributed by atoms with E-state index in [-0.39, 0.29) is 28.7 Å². The molecule has 0 saturated carbocycles. The van der Waals surface area contributed by atoms with E-state index in [1.54, 1.807) is 74.9 Å². The van der Waals surface area contributed by atoms with Crippen LogP contribution in [-0.2, 0) is 4.79 Å². The van der Waals surface area contributed by atoms with Crippen LogP contribution in [0.1, 0.15) is 77.8 Å². The molecule has 3 aromatic carbocycles. The maximum absolute atomic E-state index is 14.3. The standard InChI is InChI=1S/C43H46N4O6/c1-6-7-8-19-44-34-24-35(45-42(50)28-11-15-30(52-4)16-12-28)32(22-26(34)2)38-40(48)39(41(38)49)33-23-27(3)37(47-20-9-10-21-47)25-36(33)46-43(51)29-13-17-31(53-5)18-14-29/h11-18,22-25,48H,6-10,19-21H2,1-5H3,(H,45,50)(H,46,51)/b38-32-,44-34+. The number of nitrogens with one attached hydrogen (secondary N) is 2. The Morgan fingerprint density at radius 2 is 1.43 bits per heavy atom. The molecule has 1 heterocycles. The summed E-state index contributed by atoms with van der Waals surface area (Å²) in [5, 5.41) is 17.8. The van der Waals surface area contributed by atoms with Crippen molar-refractivity contribution in [3.8, 4) is 11.5 Å². The molecule has 2 amide bonds. The highest BCUT2D eigenvalue weighted by atomic mass is 16.5. The Hall–Kier alpha value is -5.90. The summed E-state index contributed by atoms with van der Waals surface area (Å²) in [4.78, 5) is 48.4. The molecule has 0 unspecified atom stereocenters. The molecule has 0 radical (unpaired) electrons. The number of anilines is 2. The molecular formula is C43H46N4O6. The molecule has 1 fully saturated rings. The number of carbonyl (C=O) groups excluding carboxylic acids is 3. The fourth-order valence-corrected chi connectivity index (χ4v) is 6.82. The number of amides is 2. The van der Waals surface area contributed by atoms with Gasteiger partial charge < -0.3 is 30.1 Å². The number of hydrogen-bond donors (Lipinski definition) is 3. The first-order chi connectivity index (χ1) is 25.6. The fraction of sp³-hybridized carbons (Fsp3) is 0.302. The summed E-state index contributed by atoms with van der Waals surface area (Å²) in [6.45, 7) is 8.41. The minimum atomic E-state index is -0.400. The lowest BCUT2D eigenvalue weighted by atomic mass is 9.77. The molecule has 3 aromatic rings. The number of allylic oxidation sites excluding steroid dienone is 5. The molecule has 0 atom stereocenters. The monoisotopic (exact) mass is 714 g/mol. The van der Waals surface area contributed by atoms with Crippen LogP contribution in [0.2, 0.25) is 0 Å². The molecule has 3 aliphatic rings. The summed E-state index contributed by atoms with van der Waals surface area (Å²) in [5.41, 5.74) is 5.95. The highest BCUT2D eigenvalue weighted by Crippen LogP contribution is 2.45. The van der Waals surface area contributed by atoms with Gasteiger partial charge in [0.2, 0.25) is 5.78 Å². The molecule has 0 spiro atoms. The van der Waals surface area contributed by atoms with E-state index in [1.165, 1.54) is 0 Å². The summed E-state index contributed by atoms with van der Waals surface area (Å²) in [6, 6.07) is 17.2. The summed E-state index contributed by atoms with van der Waals surface area (Å²) in [5.74, 6) is -0.119. The SMILES string of the molecule is CCCCC/N=C1C=C(NC(=O)c2ccc(OC)cc2)/C(=C2\C(=O)C(c3cc(C)c(N4CCCC4)cc3NC(=O)c3ccc(OC)cc3)=C2O)C=C\1C. The molecule has 3 N–H and O–H groups in total. The van der Waals surface area contributed by atoms with Crippen molar-refractivity contribution in [1.29, 1.82) is 0 Å². The molecule has 1 saturated heterocycles. The van der Waals surface area contributed by atoms with Crippen LogP contribution in [0.4, 0.5) is 11.4 Å². The number of aliphatic imine (C=N–C) groups is 1. The van der Waals surface area contributed by atoms with E-state index in [0.717, 1.165) is 62.0 Å². The lowest BCUT2D eigenvalue weighted by Gasteiger charge is -2.29. The van der Waals surface area contributed by atoms with Crippen LogP contribution in [0.3, 0.4) is 0 Å². The van der Waals surface area contributed by atoms with Crippen molar-refractivity contribution in [2.24, 2.45) is 4.99 Å². The average molecular weight is 715 g/mol. The topological polar surface area (TPSA) is 130 Å². The molecule has 2 aliphatic carbocycles. The summed E-state index contributed by atoms with van der Waals surface area (Å²) >= 11 is 0. The zero-order chi connectivity index (χ0) is 37.6. The van der Waals surface area contributed by atoms with Gasteiger partial charge in [-0.1, -0.05) is 19.8 Å². The Kier molecular flexibility index (Phi) is 11.3. The van der Waals surface area contributed by atoms with Crippen LogP contribution in [-0.4, -0.2) is 62.3 Å². The molecule has 10 heteroatoms. The highest BCUT2D eigenvalue weighted by Gasteiger charge is 2.40. The van der Waals surface area contributed by atoms with Gasteiger partial charge in [-0.2, -0.15) is 0 Å². The van der Waals surface area contributed by atoms with Gasteiger partial charge >= 0.3 is 0 Å². The molecule has 0 bridgehead atoms. The smallest absolute Gasteiger partial charge is 0.255 e. The summed E-state index contributed by atoms with van der Waals surface area (Å²) in [6.07, 6.45) is 8.74. The van der Waals surface area contributed by atoms with Crippen LogP contribution >= 0.6 is 0 Å². The fourth-order valence-electron chi connectivity index (χ4n) is 6.82. The third-order valence-electron chi connectivity index (χ3n) is 9.83. The summed E-state index contributed by atoms with van der Waals surface area (Å²) < 4.78 is 10.5. The number of unbranched alkanes of at least 4 members (excludes halogenated alkanes) is 2. The van der Waals surface area contributed by atoms with Crippen LogP contribution in [0.15, 0.2) is 106 Å². The Bertz CT molecular complexity index is 2080. The number of aliphatic hydroxyl groups is 1. The van der Waals surface area contributed by atoms with E-state index in [1.807, 2.05) is 26.0 Å². The van der Waals surface area contributed by atoms with Crippen LogP contribution in [0, 0.1) is 6.92 Å². The van der Waals surface area contributed by atoms with Gasteiger partial charge in [-0.15, -0.1) is 0 Å². The lowest BCUT2D eigenvalue weighted by molar-refractivity contribution is -0.111. The molecule has 6 rings (SSSR count). The summed E-state index contributed by atoms with van der Waals surface area (Å²) in [7, 11) is 3.12. The molecule has 53 heavy (non-hydrogen) atoms. The number of rotatable bonds is 12. The third-order valence-corrected chi connectivity index (χ3v) is 9.83. The number of aryl methyl sites for hydroxylation is 1. The van der Waals surface area contributed by atoms with Gasteiger partial charge in [0, 0.05) is 47.6 Å². The number of benzene rings is 3. The van der Waals surface area contributed by atoms with Gasteiger partial charge in [-0.05, 0) is 117 Å². The van der Waals surface area contributed by atoms with Crippen molar-refractivity contribution in [3.05, 3.63) is 123 Å². The van der Waals surface area contributed by atoms with Gasteiger partial charge in [0.15, 0.2) is 0 Å². The predicted molar refractivity (Wildman–Crippen MR) is 209 cm³/mol. The van der Waals surface area contributed by atoms with E-state index < -0.39 is 5.78 Å². The van der Waals surface area contributed by atoms with E-state index >= 15 is 0 Å². The van der Waals surface area contributed by atoms with Gasteiger partial charge in [0.05, 0.1) is 42.5 Å². The van der Waals surface area contributed by atoms with Gasteiger partial charge in [-0.3, -0.25) is 19.4 Å². The number of nitrogens with zero attached hydrogens (tertiary/aromatic N) is 2. The van der Waals surface area contributed by atoms with Crippen LogP contribution in [0.5, 0.6) is 11.5 Å². The van der Waals surface area contributed by atoms with Gasteiger partial charge in [0.1, 0.15) is 17.3 Å². The van der Waals surface area contributed by atoms with E-state index in [0.29, 0.717) is 57.4 Å². The Labute approximate surface area is 310 Å². The number of aliphatic hydroxyl groups excluding tert-OH is 1. The number of ether oxygens (including phenoxy) is 2. The van der Waals surface area contributed by atoms with Crippen LogP contribution < -0.4 is 25.0 Å². The maximum Gasteiger partial charge on any atom is 0.255 e. The largest absolute Gasteiger partial charge is 0.506 e. The minimum absolute atomic E-state index is 0.0827. The first kappa shape index (κ1) is 36.9. The Morgan fingerprint density at radius 3 is 2.00 bits per heavy atom. The number of carbonyl (C=O) groups is 3. The molecular weight excluding hydrogens is 668 g/mol. The van der Waals surface area contributed by atoms with Crippen molar-refractivity contribution < 1.29 is 29.0 Å². The lowest BCUT2D eigenvalue weighted by Crippen LogP contribution is -2.30. The Morgan fingerprint density at radius 1 is 0.830 bits per heavy atom. The predicted octanol–water partition coefficient (Wildman–Crippen LogP) is 7.92. The maximum atomic E-state index is 14.3. The van der Waals surface area contributed by atoms with Crippen molar-refractivity contribution in [2.45, 2.75) is 52.9 Å². The first-order valence-corrected chi connectivity index (χ1v) is 18.1. The van der Waals surface area contributed by atoms with Gasteiger partial charge in [-0.25, -0.2) is 0 Å². The number of methoxy groups -OCH3 is 2. The molecule has 10 nitrogen and oxygen atoms in total. The zero-order valence-electron chi connectivity index (χ0n) is 31.0. The van der Waals surface area contributed by atoms with E-state index in [9.17, 15) is 19.5 Å². The second-order valence-electron chi connectivity index (χ2n) is 13.4. The average Bonchev–Trinajstić information content (AvgIpc) is 3.71. The molecule has 274 valence electrons. The minimum Gasteiger partial charge on any atom is -0.506 e. The third kappa shape index (κ3) is 7.82. The first-order valence-electron chi connectivity index (χ1n) is 18.1. The molecule has 1 aliphatic heterocycles. The second-order valence-corrected chi connectivity index (χ2v) is 13.4. The number of hydrogen-bond acceptors (Lipinski definition) is 8. The van der Waals surface area contributed by atoms with Crippen molar-refractivity contribution in [1.82, 2.24) is 5.32 Å². The number of Topliss-reactive ketones (excluding diaryl/α,β-unsaturated/α-hetero) is 1. The second kappa shape index (κ2) is 16.2. The molecule has 0 aromatic heterocycles.